The second kappa shape index (κ2) is 5.80. The fourth-order valence-electron chi connectivity index (χ4n) is 2.18. The van der Waals surface area contributed by atoms with Crippen molar-refractivity contribution in [1.82, 2.24) is 4.72 Å². The van der Waals surface area contributed by atoms with Gasteiger partial charge in [-0.3, -0.25) is 0 Å². The highest BCUT2D eigenvalue weighted by Gasteiger charge is 2.24. The number of aromatic carboxylic acids is 1. The molecule has 0 saturated heterocycles. The van der Waals surface area contributed by atoms with Gasteiger partial charge in [-0.1, -0.05) is 12.2 Å². The minimum absolute atomic E-state index is 0.0819. The van der Waals surface area contributed by atoms with Crippen molar-refractivity contribution in [2.24, 2.45) is 5.92 Å². The van der Waals surface area contributed by atoms with Gasteiger partial charge in [0.1, 0.15) is 10.7 Å². The van der Waals surface area contributed by atoms with Crippen LogP contribution in [0.5, 0.6) is 0 Å². The van der Waals surface area contributed by atoms with Crippen molar-refractivity contribution in [3.63, 3.8) is 0 Å². The zero-order valence-corrected chi connectivity index (χ0v) is 11.9. The number of hydrogen-bond donors (Lipinski definition) is 2. The zero-order valence-electron chi connectivity index (χ0n) is 11.1. The van der Waals surface area contributed by atoms with Gasteiger partial charge in [0.15, 0.2) is 0 Å². The molecule has 0 fully saturated rings. The summed E-state index contributed by atoms with van der Waals surface area (Å²) in [6.45, 7) is 1.78. The Labute approximate surface area is 117 Å². The number of carboxylic acids is 1. The zero-order chi connectivity index (χ0) is 14.8. The average Bonchev–Trinajstić information content (AvgIpc) is 2.81. The summed E-state index contributed by atoms with van der Waals surface area (Å²) in [6, 6.07) is 1.04. The molecule has 110 valence electrons. The molecule has 1 atom stereocenters. The van der Waals surface area contributed by atoms with Crippen LogP contribution < -0.4 is 4.72 Å². The Morgan fingerprint density at radius 1 is 1.50 bits per heavy atom. The summed E-state index contributed by atoms with van der Waals surface area (Å²) in [7, 11) is -3.73. The minimum atomic E-state index is -3.73. The monoisotopic (exact) mass is 299 g/mol. The molecule has 0 aromatic carbocycles. The van der Waals surface area contributed by atoms with Crippen LogP contribution in [0.1, 0.15) is 35.6 Å². The van der Waals surface area contributed by atoms with E-state index in [1.807, 2.05) is 6.08 Å². The first-order chi connectivity index (χ1) is 9.40. The lowest BCUT2D eigenvalue weighted by Gasteiger charge is -2.17. The average molecular weight is 299 g/mol. The van der Waals surface area contributed by atoms with Crippen molar-refractivity contribution in [2.75, 3.05) is 6.54 Å². The molecule has 0 bridgehead atoms. The van der Waals surface area contributed by atoms with E-state index in [-0.39, 0.29) is 22.3 Å². The smallest absolute Gasteiger partial charge is 0.371 e. The molecule has 1 aliphatic rings. The summed E-state index contributed by atoms with van der Waals surface area (Å²) < 4.78 is 31.7. The molecule has 1 heterocycles. The molecule has 0 aliphatic heterocycles. The lowest BCUT2D eigenvalue weighted by Crippen LogP contribution is -2.30. The first-order valence-electron chi connectivity index (χ1n) is 6.38. The maximum atomic E-state index is 12.1. The second-order valence-corrected chi connectivity index (χ2v) is 6.57. The molecular weight excluding hydrogens is 282 g/mol. The quantitative estimate of drug-likeness (QED) is 0.810. The van der Waals surface area contributed by atoms with Gasteiger partial charge in [-0.25, -0.2) is 17.9 Å². The minimum Gasteiger partial charge on any atom is -0.475 e. The number of hydrogen-bond acceptors (Lipinski definition) is 4. The normalized spacial score (nSPS) is 19.1. The summed E-state index contributed by atoms with van der Waals surface area (Å²) in [5.41, 5.74) is 0. The highest BCUT2D eigenvalue weighted by molar-refractivity contribution is 7.89. The molecule has 0 saturated carbocycles. The summed E-state index contributed by atoms with van der Waals surface area (Å²) in [6.07, 6.45) is 6.90. The van der Waals surface area contributed by atoms with Crippen LogP contribution >= 0.6 is 0 Å². The Kier molecular flexibility index (Phi) is 4.29. The molecule has 7 heteroatoms. The van der Waals surface area contributed by atoms with E-state index in [9.17, 15) is 13.2 Å². The summed E-state index contributed by atoms with van der Waals surface area (Å²) in [5.74, 6) is -1.30. The molecule has 20 heavy (non-hydrogen) atoms. The van der Waals surface area contributed by atoms with E-state index in [2.05, 4.69) is 10.8 Å². The Hall–Kier alpha value is -1.60. The van der Waals surface area contributed by atoms with Crippen molar-refractivity contribution in [3.05, 3.63) is 29.7 Å². The Morgan fingerprint density at radius 3 is 2.80 bits per heavy atom. The number of allylic oxidation sites excluding steroid dienone is 2. The maximum Gasteiger partial charge on any atom is 0.371 e. The van der Waals surface area contributed by atoms with Crippen molar-refractivity contribution in [1.29, 1.82) is 0 Å². The third-order valence-corrected chi connectivity index (χ3v) is 4.84. The highest BCUT2D eigenvalue weighted by atomic mass is 32.2. The predicted octanol–water partition coefficient (Wildman–Crippen LogP) is 1.92. The molecule has 0 amide bonds. The van der Waals surface area contributed by atoms with Crippen LogP contribution in [0.25, 0.3) is 0 Å². The van der Waals surface area contributed by atoms with Crippen LogP contribution in [0.15, 0.2) is 27.5 Å². The van der Waals surface area contributed by atoms with E-state index < -0.39 is 16.0 Å². The van der Waals surface area contributed by atoms with E-state index in [1.165, 1.54) is 6.92 Å². The van der Waals surface area contributed by atoms with E-state index in [0.717, 1.165) is 25.3 Å². The first-order valence-corrected chi connectivity index (χ1v) is 7.87. The van der Waals surface area contributed by atoms with Crippen LogP contribution in [-0.2, 0) is 10.0 Å². The summed E-state index contributed by atoms with van der Waals surface area (Å²) in [5, 5.41) is 8.81. The van der Waals surface area contributed by atoms with Crippen LogP contribution in [0.2, 0.25) is 0 Å². The number of sulfonamides is 1. The lowest BCUT2D eigenvalue weighted by molar-refractivity contribution is 0.0661. The molecule has 1 aromatic heterocycles. The standard InChI is InChI=1S/C13H17NO5S/c1-9-12(7-11(19-9)13(15)16)20(17,18)14-8-10-5-3-2-4-6-10/h2-3,7,10,14H,4-6,8H2,1H3,(H,15,16). The van der Waals surface area contributed by atoms with E-state index in [1.54, 1.807) is 0 Å². The van der Waals surface area contributed by atoms with Gasteiger partial charge in [0, 0.05) is 12.6 Å². The Morgan fingerprint density at radius 2 is 2.25 bits per heavy atom. The second-order valence-electron chi connectivity index (χ2n) is 4.84. The Bertz CT molecular complexity index is 629. The topological polar surface area (TPSA) is 96.6 Å². The van der Waals surface area contributed by atoms with Gasteiger partial charge in [0.2, 0.25) is 15.8 Å². The van der Waals surface area contributed by atoms with Crippen molar-refractivity contribution in [3.8, 4) is 0 Å². The highest BCUT2D eigenvalue weighted by Crippen LogP contribution is 2.21. The first kappa shape index (κ1) is 14.8. The molecular formula is C13H17NO5S. The van der Waals surface area contributed by atoms with E-state index in [0.29, 0.717) is 6.54 Å². The van der Waals surface area contributed by atoms with Gasteiger partial charge >= 0.3 is 5.97 Å². The van der Waals surface area contributed by atoms with Crippen LogP contribution in [-0.4, -0.2) is 26.0 Å². The van der Waals surface area contributed by atoms with E-state index >= 15 is 0 Å². The molecule has 1 aliphatic carbocycles. The molecule has 2 rings (SSSR count). The third kappa shape index (κ3) is 3.29. The number of nitrogens with one attached hydrogen (secondary N) is 1. The molecule has 2 N–H and O–H groups in total. The van der Waals surface area contributed by atoms with Crippen LogP contribution in [0.4, 0.5) is 0 Å². The number of aryl methyl sites for hydroxylation is 1. The third-order valence-electron chi connectivity index (χ3n) is 3.31. The molecule has 1 unspecified atom stereocenters. The lowest BCUT2D eigenvalue weighted by atomic mass is 9.95. The predicted molar refractivity (Wildman–Crippen MR) is 72.1 cm³/mol. The van der Waals surface area contributed by atoms with Gasteiger partial charge in [-0.15, -0.1) is 0 Å². The number of carboxylic acid groups (broad SMARTS) is 1. The fourth-order valence-corrected chi connectivity index (χ4v) is 3.48. The van der Waals surface area contributed by atoms with Crippen molar-refractivity contribution in [2.45, 2.75) is 31.1 Å². The SMILES string of the molecule is Cc1oc(C(=O)O)cc1S(=O)(=O)NCC1CC=CCC1. The number of rotatable bonds is 5. The number of carbonyl (C=O) groups is 1. The van der Waals surface area contributed by atoms with Crippen LogP contribution in [0, 0.1) is 12.8 Å². The van der Waals surface area contributed by atoms with Crippen LogP contribution in [0.3, 0.4) is 0 Å². The largest absolute Gasteiger partial charge is 0.475 e. The van der Waals surface area contributed by atoms with Gasteiger partial charge in [0.25, 0.3) is 0 Å². The maximum absolute atomic E-state index is 12.1. The fraction of sp³-hybridized carbons (Fsp3) is 0.462. The molecule has 0 radical (unpaired) electrons. The van der Waals surface area contributed by atoms with Crippen molar-refractivity contribution >= 4 is 16.0 Å². The van der Waals surface area contributed by atoms with Gasteiger partial charge in [-0.05, 0) is 32.1 Å². The Balaban J connectivity index is 2.09. The molecule has 6 nitrogen and oxygen atoms in total. The van der Waals surface area contributed by atoms with Crippen molar-refractivity contribution < 1.29 is 22.7 Å². The molecule has 0 spiro atoms. The van der Waals surface area contributed by atoms with Gasteiger partial charge in [-0.2, -0.15) is 0 Å². The summed E-state index contributed by atoms with van der Waals surface area (Å²) in [4.78, 5) is 10.7. The number of furan rings is 1. The van der Waals surface area contributed by atoms with Gasteiger partial charge in [0.05, 0.1) is 0 Å². The molecule has 1 aromatic rings. The summed E-state index contributed by atoms with van der Waals surface area (Å²) >= 11 is 0. The van der Waals surface area contributed by atoms with E-state index in [4.69, 9.17) is 9.52 Å². The van der Waals surface area contributed by atoms with Gasteiger partial charge < -0.3 is 9.52 Å².